The monoisotopic (exact) mass is 366 g/mol. The van der Waals surface area contributed by atoms with Gasteiger partial charge in [-0.15, -0.1) is 0 Å². The number of amides is 2. The first kappa shape index (κ1) is 18.2. The van der Waals surface area contributed by atoms with Gasteiger partial charge in [0.05, 0.1) is 18.1 Å². The molecule has 2 fully saturated rings. The molecule has 5 N–H and O–H groups in total. The first-order valence-electron chi connectivity index (χ1n) is 8.44. The second-order valence-electron chi connectivity index (χ2n) is 6.91. The van der Waals surface area contributed by atoms with Crippen LogP contribution >= 0.6 is 0 Å². The number of carboxylic acids is 1. The lowest BCUT2D eigenvalue weighted by atomic mass is 9.82. The second-order valence-corrected chi connectivity index (χ2v) is 6.91. The van der Waals surface area contributed by atoms with Gasteiger partial charge in [-0.2, -0.15) is 0 Å². The summed E-state index contributed by atoms with van der Waals surface area (Å²) in [6.07, 6.45) is -0.715. The number of β-lactam (4-membered cyclic amide) rings is 1. The van der Waals surface area contributed by atoms with Crippen LogP contribution in [0.1, 0.15) is 19.8 Å². The smallest absolute Gasteiger partial charge is 0.404 e. The Morgan fingerprint density at radius 2 is 2.15 bits per heavy atom. The lowest BCUT2D eigenvalue weighted by Gasteiger charge is -2.44. The van der Waals surface area contributed by atoms with Crippen molar-refractivity contribution in [1.29, 1.82) is 5.41 Å². The third-order valence-electron chi connectivity index (χ3n) is 5.38. The maximum Gasteiger partial charge on any atom is 0.404 e. The fourth-order valence-corrected chi connectivity index (χ4v) is 4.19. The zero-order valence-corrected chi connectivity index (χ0v) is 14.3. The number of primary amides is 1. The van der Waals surface area contributed by atoms with Crippen LogP contribution in [0, 0.1) is 17.2 Å². The number of ether oxygens (including phenoxy) is 1. The number of amidine groups is 1. The van der Waals surface area contributed by atoms with Crippen LogP contribution in [0.5, 0.6) is 0 Å². The number of aliphatic carboxylic acids is 1. The molecule has 0 radical (unpaired) electrons. The van der Waals surface area contributed by atoms with Gasteiger partial charge in [0.25, 0.3) is 0 Å². The molecule has 0 aromatic heterocycles. The summed E-state index contributed by atoms with van der Waals surface area (Å²) >= 11 is 0. The van der Waals surface area contributed by atoms with Crippen LogP contribution in [0.4, 0.5) is 4.79 Å². The van der Waals surface area contributed by atoms with Gasteiger partial charge >= 0.3 is 12.1 Å². The maximum absolute atomic E-state index is 12.2. The van der Waals surface area contributed by atoms with Gasteiger partial charge in [-0.05, 0) is 25.3 Å². The van der Waals surface area contributed by atoms with Crippen molar-refractivity contribution in [3.05, 3.63) is 11.3 Å². The highest BCUT2D eigenvalue weighted by molar-refractivity contribution is 5.99. The Morgan fingerprint density at radius 3 is 2.73 bits per heavy atom. The zero-order chi connectivity index (χ0) is 19.2. The van der Waals surface area contributed by atoms with E-state index < -0.39 is 24.1 Å². The van der Waals surface area contributed by atoms with Crippen molar-refractivity contribution in [3.63, 3.8) is 0 Å². The highest BCUT2D eigenvalue weighted by atomic mass is 16.5. The molecule has 0 unspecified atom stereocenters. The first-order valence-corrected chi connectivity index (χ1v) is 8.44. The summed E-state index contributed by atoms with van der Waals surface area (Å²) in [6, 6.07) is -0.310. The van der Waals surface area contributed by atoms with Crippen LogP contribution in [0.2, 0.25) is 0 Å². The number of aliphatic hydroxyl groups is 1. The van der Waals surface area contributed by atoms with Crippen molar-refractivity contribution in [3.8, 4) is 0 Å². The average Bonchev–Trinajstić information content (AvgIpc) is 3.14. The van der Waals surface area contributed by atoms with Crippen molar-refractivity contribution in [1.82, 2.24) is 9.80 Å². The van der Waals surface area contributed by atoms with Crippen LogP contribution in [0.15, 0.2) is 11.3 Å². The van der Waals surface area contributed by atoms with E-state index in [1.54, 1.807) is 4.90 Å². The van der Waals surface area contributed by atoms with Crippen molar-refractivity contribution in [2.24, 2.45) is 17.6 Å². The Labute approximate surface area is 149 Å². The van der Waals surface area contributed by atoms with E-state index in [0.29, 0.717) is 31.5 Å². The van der Waals surface area contributed by atoms with Gasteiger partial charge < -0.3 is 30.5 Å². The number of hydrogen-bond acceptors (Lipinski definition) is 6. The average molecular weight is 366 g/mol. The molecule has 3 rings (SSSR count). The molecular formula is C16H22N4O6. The molecule has 0 aromatic rings. The van der Waals surface area contributed by atoms with E-state index >= 15 is 0 Å². The van der Waals surface area contributed by atoms with Gasteiger partial charge in [0.2, 0.25) is 5.91 Å². The Morgan fingerprint density at radius 1 is 1.46 bits per heavy atom. The van der Waals surface area contributed by atoms with Crippen molar-refractivity contribution in [2.75, 3.05) is 19.7 Å². The Bertz CT molecular complexity index is 703. The van der Waals surface area contributed by atoms with Crippen LogP contribution in [0.25, 0.3) is 0 Å². The number of fused-ring (bicyclic) bond motifs is 1. The minimum atomic E-state index is -1.15. The largest absolute Gasteiger partial charge is 0.477 e. The van der Waals surface area contributed by atoms with Gasteiger partial charge in [0.1, 0.15) is 18.1 Å². The molecule has 2 amide bonds. The Kier molecular flexibility index (Phi) is 4.61. The molecule has 0 bridgehead atoms. The minimum absolute atomic E-state index is 0.0173. The summed E-state index contributed by atoms with van der Waals surface area (Å²) in [5.74, 6) is -2.08. The second kappa shape index (κ2) is 6.60. The first-order chi connectivity index (χ1) is 12.2. The number of carbonyl (C=O) groups is 3. The lowest BCUT2D eigenvalue weighted by Crippen LogP contribution is -2.61. The maximum atomic E-state index is 12.2. The van der Waals surface area contributed by atoms with E-state index in [-0.39, 0.29) is 36.0 Å². The van der Waals surface area contributed by atoms with E-state index in [1.807, 2.05) is 0 Å². The summed E-state index contributed by atoms with van der Waals surface area (Å²) < 4.78 is 4.62. The molecule has 2 saturated heterocycles. The van der Waals surface area contributed by atoms with E-state index in [2.05, 4.69) is 4.74 Å². The third-order valence-corrected chi connectivity index (χ3v) is 5.38. The van der Waals surface area contributed by atoms with Crippen molar-refractivity contribution < 1.29 is 29.3 Å². The molecule has 3 aliphatic heterocycles. The van der Waals surface area contributed by atoms with E-state index in [0.717, 1.165) is 0 Å². The quantitative estimate of drug-likeness (QED) is 0.285. The van der Waals surface area contributed by atoms with Crippen LogP contribution in [-0.2, 0) is 14.3 Å². The summed E-state index contributed by atoms with van der Waals surface area (Å²) in [5.41, 5.74) is 5.60. The number of aliphatic hydroxyl groups excluding tert-OH is 1. The molecule has 10 heteroatoms. The third kappa shape index (κ3) is 2.90. The van der Waals surface area contributed by atoms with Crippen molar-refractivity contribution in [2.45, 2.75) is 31.9 Å². The summed E-state index contributed by atoms with van der Waals surface area (Å²) in [6.45, 7) is 2.25. The van der Waals surface area contributed by atoms with Gasteiger partial charge in [0.15, 0.2) is 0 Å². The van der Waals surface area contributed by atoms with Crippen LogP contribution in [0.3, 0.4) is 0 Å². The van der Waals surface area contributed by atoms with Crippen molar-refractivity contribution >= 4 is 23.8 Å². The standard InChI is InChI=1S/C16H22N4O6/c1-7(21)12-10-4-9(13(15(23)24)20(10)14(12)22)8-2-3-19(5-8)11(17)6-26-16(18)25/h7-8,10,12,17,21H,2-6H2,1H3,(H2,18,25)(H,23,24)/t7-,8+,10-,12-/m1/s1. The number of likely N-dealkylation sites (tertiary alicyclic amines) is 1. The van der Waals surface area contributed by atoms with E-state index in [1.165, 1.54) is 11.8 Å². The minimum Gasteiger partial charge on any atom is -0.477 e. The molecule has 3 heterocycles. The SMILES string of the molecule is C[C@@H](O)[C@H]1C(=O)N2C(C(=O)O)=C([C@H]3CCN(C(=N)COC(N)=O)C3)C[C@H]12. The molecule has 10 nitrogen and oxygen atoms in total. The molecule has 0 aliphatic carbocycles. The fourth-order valence-electron chi connectivity index (χ4n) is 4.19. The van der Waals surface area contributed by atoms with Crippen LogP contribution < -0.4 is 5.73 Å². The molecule has 4 atom stereocenters. The Hall–Kier alpha value is -2.62. The number of rotatable bonds is 5. The number of hydrogen-bond donors (Lipinski definition) is 4. The zero-order valence-electron chi connectivity index (χ0n) is 14.3. The topological polar surface area (TPSA) is 157 Å². The number of carbonyl (C=O) groups excluding carboxylic acids is 2. The molecule has 0 saturated carbocycles. The predicted octanol–water partition coefficient (Wildman–Crippen LogP) is -0.669. The number of nitrogens with two attached hydrogens (primary N) is 1. The highest BCUT2D eigenvalue weighted by Gasteiger charge is 2.57. The summed E-state index contributed by atoms with van der Waals surface area (Å²) in [4.78, 5) is 37.6. The van der Waals surface area contributed by atoms with Gasteiger partial charge in [-0.1, -0.05) is 0 Å². The predicted molar refractivity (Wildman–Crippen MR) is 88.0 cm³/mol. The Balaban J connectivity index is 1.73. The van der Waals surface area contributed by atoms with Gasteiger partial charge in [-0.3, -0.25) is 10.2 Å². The molecule has 142 valence electrons. The fraction of sp³-hybridized carbons (Fsp3) is 0.625. The van der Waals surface area contributed by atoms with Gasteiger partial charge in [0, 0.05) is 19.0 Å². The lowest BCUT2D eigenvalue weighted by molar-refractivity contribution is -0.161. The molecule has 3 aliphatic rings. The highest BCUT2D eigenvalue weighted by Crippen LogP contribution is 2.47. The van der Waals surface area contributed by atoms with Crippen LogP contribution in [-0.4, -0.2) is 75.7 Å². The molecular weight excluding hydrogens is 344 g/mol. The summed E-state index contributed by atoms with van der Waals surface area (Å²) in [7, 11) is 0. The summed E-state index contributed by atoms with van der Waals surface area (Å²) in [5, 5.41) is 27.3. The normalized spacial score (nSPS) is 28.7. The molecule has 26 heavy (non-hydrogen) atoms. The molecule has 0 aromatic carbocycles. The number of nitrogens with zero attached hydrogens (tertiary/aromatic N) is 2. The molecule has 0 spiro atoms. The van der Waals surface area contributed by atoms with Gasteiger partial charge in [-0.25, -0.2) is 9.59 Å². The van der Waals surface area contributed by atoms with E-state index in [9.17, 15) is 24.6 Å². The van der Waals surface area contributed by atoms with E-state index in [4.69, 9.17) is 11.1 Å². The number of carboxylic acid groups (broad SMARTS) is 1. The number of nitrogens with one attached hydrogen (secondary N) is 1.